The number of nitrogens with zero attached hydrogens (tertiary/aromatic N) is 2. The Bertz CT molecular complexity index is 637. The van der Waals surface area contributed by atoms with Crippen molar-refractivity contribution in [1.29, 1.82) is 0 Å². The second kappa shape index (κ2) is 7.57. The molecular formula is C16H17F4N2O. The molecule has 0 saturated carbocycles. The van der Waals surface area contributed by atoms with Gasteiger partial charge < -0.3 is 4.42 Å². The molecule has 0 unspecified atom stereocenters. The summed E-state index contributed by atoms with van der Waals surface area (Å²) in [5.74, 6) is 0.435. The van der Waals surface area contributed by atoms with Crippen molar-refractivity contribution in [2.24, 2.45) is 0 Å². The predicted octanol–water partition coefficient (Wildman–Crippen LogP) is 4.59. The van der Waals surface area contributed by atoms with Crippen LogP contribution in [0, 0.1) is 19.2 Å². The van der Waals surface area contributed by atoms with Crippen molar-refractivity contribution < 1.29 is 22.0 Å². The fourth-order valence-electron chi connectivity index (χ4n) is 2.18. The van der Waals surface area contributed by atoms with E-state index in [1.807, 2.05) is 0 Å². The number of hydrogen-bond acceptors (Lipinski definition) is 3. The molecule has 1 radical (unpaired) electrons. The van der Waals surface area contributed by atoms with E-state index >= 15 is 0 Å². The summed E-state index contributed by atoms with van der Waals surface area (Å²) in [4.78, 5) is 0. The van der Waals surface area contributed by atoms with E-state index in [0.717, 1.165) is 5.56 Å². The molecule has 125 valence electrons. The minimum Gasteiger partial charge on any atom is -0.426 e. The summed E-state index contributed by atoms with van der Waals surface area (Å²) >= 11 is 0. The smallest absolute Gasteiger partial charge is 0.389 e. The summed E-state index contributed by atoms with van der Waals surface area (Å²) in [5.41, 5.74) is 1.19. The number of aromatic nitrogens is 2. The zero-order chi connectivity index (χ0) is 16.9. The maximum absolute atomic E-state index is 13.8. The maximum atomic E-state index is 13.8. The molecule has 0 amide bonds. The number of rotatable bonds is 7. The van der Waals surface area contributed by atoms with Crippen LogP contribution in [0.3, 0.4) is 0 Å². The minimum atomic E-state index is -4.12. The topological polar surface area (TPSA) is 38.9 Å². The van der Waals surface area contributed by atoms with Crippen molar-refractivity contribution in [3.63, 3.8) is 0 Å². The van der Waals surface area contributed by atoms with Gasteiger partial charge in [0.25, 0.3) is 0 Å². The predicted molar refractivity (Wildman–Crippen MR) is 76.2 cm³/mol. The molecule has 3 nitrogen and oxygen atoms in total. The van der Waals surface area contributed by atoms with E-state index in [1.54, 1.807) is 25.5 Å². The molecular weight excluding hydrogens is 312 g/mol. The first-order valence-corrected chi connectivity index (χ1v) is 7.31. The van der Waals surface area contributed by atoms with E-state index in [4.69, 9.17) is 4.42 Å². The number of benzene rings is 1. The van der Waals surface area contributed by atoms with Gasteiger partial charge in [0.05, 0.1) is 0 Å². The molecule has 2 rings (SSSR count). The van der Waals surface area contributed by atoms with Crippen molar-refractivity contribution in [3.05, 3.63) is 53.3 Å². The zero-order valence-electron chi connectivity index (χ0n) is 12.7. The first-order chi connectivity index (χ1) is 10.8. The average Bonchev–Trinajstić information content (AvgIpc) is 2.88. The lowest BCUT2D eigenvalue weighted by atomic mass is 10.0. The molecule has 0 N–H and O–H groups in total. The summed E-state index contributed by atoms with van der Waals surface area (Å²) in [7, 11) is 0. The molecule has 0 aliphatic rings. The fraction of sp³-hybridized carbons (Fsp3) is 0.438. The number of hydrogen-bond donors (Lipinski definition) is 0. The Morgan fingerprint density at radius 3 is 2.61 bits per heavy atom. The standard InChI is InChI=1S/C16H17F4N2O/c1-11-21-22-15(23-11)8-6-13-10-12(5-7-14(13)17)4-2-3-9-16(18,19)20/h5-7,10H,2-4,8-9H2,1H3. The first-order valence-electron chi connectivity index (χ1n) is 7.31. The lowest BCUT2D eigenvalue weighted by Crippen LogP contribution is -2.06. The Balaban J connectivity index is 1.88. The van der Waals surface area contributed by atoms with Gasteiger partial charge in [0.1, 0.15) is 5.82 Å². The molecule has 23 heavy (non-hydrogen) atoms. The maximum Gasteiger partial charge on any atom is 0.389 e. The molecule has 0 fully saturated rings. The highest BCUT2D eigenvalue weighted by atomic mass is 19.4. The van der Waals surface area contributed by atoms with Gasteiger partial charge in [0.15, 0.2) is 0 Å². The fourth-order valence-corrected chi connectivity index (χ4v) is 2.18. The molecule has 1 aromatic carbocycles. The van der Waals surface area contributed by atoms with Crippen LogP contribution in [-0.2, 0) is 12.8 Å². The van der Waals surface area contributed by atoms with Crippen molar-refractivity contribution in [1.82, 2.24) is 10.2 Å². The van der Waals surface area contributed by atoms with Crippen LogP contribution in [0.4, 0.5) is 17.6 Å². The molecule has 1 heterocycles. The Labute approximate surface area is 131 Å². The number of halogens is 4. The molecule has 0 aliphatic heterocycles. The van der Waals surface area contributed by atoms with Gasteiger partial charge in [0, 0.05) is 26.2 Å². The molecule has 1 aromatic heterocycles. The highest BCUT2D eigenvalue weighted by Crippen LogP contribution is 2.23. The quantitative estimate of drug-likeness (QED) is 0.551. The van der Waals surface area contributed by atoms with E-state index < -0.39 is 12.6 Å². The summed E-state index contributed by atoms with van der Waals surface area (Å²) in [5, 5.41) is 7.51. The lowest BCUT2D eigenvalue weighted by molar-refractivity contribution is -0.135. The van der Waals surface area contributed by atoms with E-state index in [9.17, 15) is 17.6 Å². The van der Waals surface area contributed by atoms with Crippen molar-refractivity contribution >= 4 is 0 Å². The Hall–Kier alpha value is -1.92. The average molecular weight is 329 g/mol. The van der Waals surface area contributed by atoms with Gasteiger partial charge in [-0.3, -0.25) is 0 Å². The van der Waals surface area contributed by atoms with Crippen molar-refractivity contribution in [2.45, 2.75) is 45.2 Å². The molecule has 2 aromatic rings. The van der Waals surface area contributed by atoms with Gasteiger partial charge >= 0.3 is 6.18 Å². The number of aryl methyl sites for hydroxylation is 2. The second-order valence-electron chi connectivity index (χ2n) is 5.30. The van der Waals surface area contributed by atoms with Crippen molar-refractivity contribution in [2.75, 3.05) is 0 Å². The van der Waals surface area contributed by atoms with Crippen LogP contribution in [-0.4, -0.2) is 16.4 Å². The minimum absolute atomic E-state index is 0.0706. The van der Waals surface area contributed by atoms with E-state index in [1.165, 1.54) is 6.07 Å². The third-order valence-electron chi connectivity index (χ3n) is 3.30. The highest BCUT2D eigenvalue weighted by molar-refractivity contribution is 5.31. The third kappa shape index (κ3) is 6.00. The van der Waals surface area contributed by atoms with Gasteiger partial charge in [-0.05, 0) is 36.5 Å². The van der Waals surface area contributed by atoms with Crippen molar-refractivity contribution in [3.8, 4) is 0 Å². The van der Waals surface area contributed by atoms with Crippen LogP contribution >= 0.6 is 0 Å². The largest absolute Gasteiger partial charge is 0.426 e. The van der Waals surface area contributed by atoms with Crippen LogP contribution in [0.25, 0.3) is 0 Å². The number of unbranched alkanes of at least 4 members (excludes halogenated alkanes) is 1. The summed E-state index contributed by atoms with van der Waals surface area (Å²) in [6, 6.07) is 4.56. The van der Waals surface area contributed by atoms with Crippen LogP contribution in [0.1, 0.15) is 42.2 Å². The van der Waals surface area contributed by atoms with Crippen LogP contribution in [0.2, 0.25) is 0 Å². The van der Waals surface area contributed by atoms with Crippen LogP contribution < -0.4 is 0 Å². The Kier molecular flexibility index (Phi) is 5.74. The summed E-state index contributed by atoms with van der Waals surface area (Å²) in [6.45, 7) is 1.67. The van der Waals surface area contributed by atoms with E-state index in [2.05, 4.69) is 10.2 Å². The molecule has 7 heteroatoms. The lowest BCUT2D eigenvalue weighted by Gasteiger charge is -2.07. The number of alkyl halides is 3. The second-order valence-corrected chi connectivity index (χ2v) is 5.30. The van der Waals surface area contributed by atoms with Gasteiger partial charge in [-0.15, -0.1) is 10.2 Å². The van der Waals surface area contributed by atoms with Crippen LogP contribution in [0.5, 0.6) is 0 Å². The third-order valence-corrected chi connectivity index (χ3v) is 3.30. The molecule has 0 bridgehead atoms. The summed E-state index contributed by atoms with van der Waals surface area (Å²) < 4.78 is 55.2. The SMILES string of the molecule is Cc1nnc(C[CH]c2cc(CCCCC(F)(F)F)ccc2F)o1. The molecule has 0 saturated heterocycles. The molecule has 0 aliphatic carbocycles. The van der Waals surface area contributed by atoms with Gasteiger partial charge in [-0.1, -0.05) is 12.1 Å². The normalized spacial score (nSPS) is 11.9. The first kappa shape index (κ1) is 17.4. The van der Waals surface area contributed by atoms with Gasteiger partial charge in [-0.25, -0.2) is 4.39 Å². The van der Waals surface area contributed by atoms with Gasteiger partial charge in [-0.2, -0.15) is 13.2 Å². The van der Waals surface area contributed by atoms with Gasteiger partial charge in [0.2, 0.25) is 11.8 Å². The Morgan fingerprint density at radius 2 is 1.96 bits per heavy atom. The molecule has 0 atom stereocenters. The highest BCUT2D eigenvalue weighted by Gasteiger charge is 2.25. The van der Waals surface area contributed by atoms with E-state index in [0.29, 0.717) is 36.6 Å². The monoisotopic (exact) mass is 329 g/mol. The zero-order valence-corrected chi connectivity index (χ0v) is 12.7. The Morgan fingerprint density at radius 1 is 1.17 bits per heavy atom. The van der Waals surface area contributed by atoms with Crippen LogP contribution in [0.15, 0.2) is 22.6 Å². The molecule has 0 spiro atoms. The van der Waals surface area contributed by atoms with E-state index in [-0.39, 0.29) is 12.2 Å². The summed E-state index contributed by atoms with van der Waals surface area (Å²) in [6.07, 6.45) is -2.02.